The van der Waals surface area contributed by atoms with Crippen LogP contribution in [0.5, 0.6) is 0 Å². The molecule has 2 rings (SSSR count). The van der Waals surface area contributed by atoms with Gasteiger partial charge in [0.15, 0.2) is 0 Å². The van der Waals surface area contributed by atoms with Crippen molar-refractivity contribution in [2.24, 2.45) is 0 Å². The fourth-order valence-corrected chi connectivity index (χ4v) is 2.53. The van der Waals surface area contributed by atoms with Gasteiger partial charge in [-0.25, -0.2) is 0 Å². The number of nitro groups is 1. The molecule has 0 aromatic heterocycles. The van der Waals surface area contributed by atoms with Crippen LogP contribution in [0.15, 0.2) is 46.9 Å². The number of hydrogen-bond acceptors (Lipinski definition) is 3. The summed E-state index contributed by atoms with van der Waals surface area (Å²) in [5.41, 5.74) is 2.65. The number of alkyl halides is 1. The van der Waals surface area contributed by atoms with Crippen LogP contribution in [0.4, 0.5) is 11.4 Å². The van der Waals surface area contributed by atoms with Crippen LogP contribution in [0.25, 0.3) is 0 Å². The summed E-state index contributed by atoms with van der Waals surface area (Å²) < 4.78 is 1.04. The molecule has 6 heteroatoms. The molecule has 21 heavy (non-hydrogen) atoms. The Morgan fingerprint density at radius 3 is 2.48 bits per heavy atom. The van der Waals surface area contributed by atoms with Gasteiger partial charge in [0, 0.05) is 35.4 Å². The molecule has 0 aliphatic rings. The van der Waals surface area contributed by atoms with E-state index in [2.05, 4.69) is 15.9 Å². The molecule has 4 nitrogen and oxygen atoms in total. The van der Waals surface area contributed by atoms with E-state index in [1.54, 1.807) is 12.1 Å². The minimum absolute atomic E-state index is 0.0609. The first-order valence-corrected chi connectivity index (χ1v) is 7.63. The Morgan fingerprint density at radius 1 is 1.24 bits per heavy atom. The van der Waals surface area contributed by atoms with Crippen molar-refractivity contribution in [3.05, 3.63) is 68.2 Å². The molecule has 0 bridgehead atoms. The molecule has 0 aliphatic carbocycles. The summed E-state index contributed by atoms with van der Waals surface area (Å²) in [5.74, 6) is 0.121. The third kappa shape index (κ3) is 3.95. The zero-order valence-electron chi connectivity index (χ0n) is 11.4. The molecule has 0 heterocycles. The Balaban J connectivity index is 2.21. The van der Waals surface area contributed by atoms with E-state index >= 15 is 0 Å². The van der Waals surface area contributed by atoms with Gasteiger partial charge in [-0.3, -0.25) is 10.1 Å². The molecule has 0 N–H and O–H groups in total. The largest absolute Gasteiger partial charge is 0.370 e. The van der Waals surface area contributed by atoms with Gasteiger partial charge in [0.1, 0.15) is 0 Å². The highest BCUT2D eigenvalue weighted by molar-refractivity contribution is 9.10. The fraction of sp³-hybridized carbons (Fsp3) is 0.200. The lowest BCUT2D eigenvalue weighted by molar-refractivity contribution is -0.385. The number of rotatable bonds is 5. The standard InChI is InChI=1S/C15H14BrClN2O2/c1-18(10-11-2-4-13(16)5-3-11)14-6-7-15(19(20)21)12(8-14)9-17/h2-8H,9-10H2,1H3. The van der Waals surface area contributed by atoms with E-state index in [4.69, 9.17) is 11.6 Å². The van der Waals surface area contributed by atoms with Crippen molar-refractivity contribution >= 4 is 38.9 Å². The highest BCUT2D eigenvalue weighted by Gasteiger charge is 2.14. The summed E-state index contributed by atoms with van der Waals surface area (Å²) in [4.78, 5) is 12.5. The van der Waals surface area contributed by atoms with Crippen LogP contribution in [-0.2, 0) is 12.4 Å². The van der Waals surface area contributed by atoms with Crippen molar-refractivity contribution in [2.75, 3.05) is 11.9 Å². The SMILES string of the molecule is CN(Cc1ccc(Br)cc1)c1ccc([N+](=O)[O-])c(CCl)c1. The Kier molecular flexibility index (Phi) is 5.20. The summed E-state index contributed by atoms with van der Waals surface area (Å²) in [5, 5.41) is 10.9. The number of benzene rings is 2. The second kappa shape index (κ2) is 6.91. The van der Waals surface area contributed by atoms with E-state index in [0.29, 0.717) is 12.1 Å². The van der Waals surface area contributed by atoms with Gasteiger partial charge in [-0.05, 0) is 29.8 Å². The molecule has 2 aromatic carbocycles. The van der Waals surface area contributed by atoms with E-state index in [1.165, 1.54) is 6.07 Å². The molecular weight excluding hydrogens is 356 g/mol. The number of nitrogens with zero attached hydrogens (tertiary/aromatic N) is 2. The van der Waals surface area contributed by atoms with Crippen molar-refractivity contribution in [1.82, 2.24) is 0 Å². The molecule has 0 saturated heterocycles. The quantitative estimate of drug-likeness (QED) is 0.435. The first-order valence-electron chi connectivity index (χ1n) is 6.30. The van der Waals surface area contributed by atoms with Crippen molar-refractivity contribution < 1.29 is 4.92 Å². The van der Waals surface area contributed by atoms with Gasteiger partial charge in [-0.2, -0.15) is 0 Å². The minimum atomic E-state index is -0.407. The zero-order chi connectivity index (χ0) is 15.4. The number of hydrogen-bond donors (Lipinski definition) is 0. The predicted molar refractivity (Wildman–Crippen MR) is 88.9 cm³/mol. The van der Waals surface area contributed by atoms with Crippen LogP contribution in [0.2, 0.25) is 0 Å². The maximum absolute atomic E-state index is 10.9. The van der Waals surface area contributed by atoms with Crippen LogP contribution in [0.1, 0.15) is 11.1 Å². The van der Waals surface area contributed by atoms with E-state index < -0.39 is 4.92 Å². The Hall–Kier alpha value is -1.59. The maximum Gasteiger partial charge on any atom is 0.273 e. The van der Waals surface area contributed by atoms with Gasteiger partial charge in [0.25, 0.3) is 5.69 Å². The van der Waals surface area contributed by atoms with Gasteiger partial charge >= 0.3 is 0 Å². The second-order valence-electron chi connectivity index (χ2n) is 4.69. The third-order valence-electron chi connectivity index (χ3n) is 3.18. The molecule has 0 radical (unpaired) electrons. The average Bonchev–Trinajstić information content (AvgIpc) is 2.48. The van der Waals surface area contributed by atoms with Crippen LogP contribution in [0.3, 0.4) is 0 Å². The van der Waals surface area contributed by atoms with Gasteiger partial charge in [-0.15, -0.1) is 11.6 Å². The minimum Gasteiger partial charge on any atom is -0.370 e. The summed E-state index contributed by atoms with van der Waals surface area (Å²) >= 11 is 9.21. The first-order chi connectivity index (χ1) is 10.0. The van der Waals surface area contributed by atoms with E-state index in [9.17, 15) is 10.1 Å². The molecule has 110 valence electrons. The lowest BCUT2D eigenvalue weighted by Crippen LogP contribution is -2.16. The number of halogens is 2. The summed E-state index contributed by atoms with van der Waals surface area (Å²) in [6, 6.07) is 13.1. The molecule has 0 unspecified atom stereocenters. The maximum atomic E-state index is 10.9. The molecule has 0 aliphatic heterocycles. The monoisotopic (exact) mass is 368 g/mol. The second-order valence-corrected chi connectivity index (χ2v) is 5.87. The highest BCUT2D eigenvalue weighted by atomic mass is 79.9. The highest BCUT2D eigenvalue weighted by Crippen LogP contribution is 2.26. The molecule has 0 amide bonds. The normalized spacial score (nSPS) is 10.4. The number of anilines is 1. The van der Waals surface area contributed by atoms with Crippen molar-refractivity contribution in [1.29, 1.82) is 0 Å². The summed E-state index contributed by atoms with van der Waals surface area (Å²) in [6.07, 6.45) is 0. The van der Waals surface area contributed by atoms with Crippen LogP contribution in [-0.4, -0.2) is 12.0 Å². The first kappa shape index (κ1) is 15.8. The molecule has 2 aromatic rings. The van der Waals surface area contributed by atoms with Crippen molar-refractivity contribution in [2.45, 2.75) is 12.4 Å². The van der Waals surface area contributed by atoms with Crippen LogP contribution < -0.4 is 4.90 Å². The molecule has 0 spiro atoms. The molecule has 0 atom stereocenters. The molecule has 0 saturated carbocycles. The smallest absolute Gasteiger partial charge is 0.273 e. The summed E-state index contributed by atoms with van der Waals surface area (Å²) in [6.45, 7) is 0.715. The average molecular weight is 370 g/mol. The van der Waals surface area contributed by atoms with Crippen molar-refractivity contribution in [3.8, 4) is 0 Å². The number of nitro benzene ring substituents is 1. The lowest BCUT2D eigenvalue weighted by atomic mass is 10.1. The molecule has 0 fully saturated rings. The van der Waals surface area contributed by atoms with Gasteiger partial charge in [0.05, 0.1) is 10.8 Å². The van der Waals surface area contributed by atoms with Crippen LogP contribution in [0, 0.1) is 10.1 Å². The van der Waals surface area contributed by atoms with Crippen molar-refractivity contribution in [3.63, 3.8) is 0 Å². The topological polar surface area (TPSA) is 46.4 Å². The Bertz CT molecular complexity index is 647. The third-order valence-corrected chi connectivity index (χ3v) is 3.99. The van der Waals surface area contributed by atoms with Gasteiger partial charge < -0.3 is 4.90 Å². The van der Waals surface area contributed by atoms with E-state index in [1.807, 2.05) is 36.2 Å². The Labute approximate surface area is 136 Å². The Morgan fingerprint density at radius 2 is 1.90 bits per heavy atom. The van der Waals surface area contributed by atoms with Crippen LogP contribution >= 0.6 is 27.5 Å². The predicted octanol–water partition coefficient (Wildman–Crippen LogP) is 4.73. The van der Waals surface area contributed by atoms with Gasteiger partial charge in [-0.1, -0.05) is 28.1 Å². The zero-order valence-corrected chi connectivity index (χ0v) is 13.8. The van der Waals surface area contributed by atoms with Gasteiger partial charge in [0.2, 0.25) is 0 Å². The van der Waals surface area contributed by atoms with E-state index in [-0.39, 0.29) is 11.6 Å². The lowest BCUT2D eigenvalue weighted by Gasteiger charge is -2.20. The fourth-order valence-electron chi connectivity index (χ4n) is 2.05. The molecular formula is C15H14BrClN2O2. The summed E-state index contributed by atoms with van der Waals surface area (Å²) in [7, 11) is 1.95. The van der Waals surface area contributed by atoms with E-state index in [0.717, 1.165) is 15.7 Å².